The fourth-order valence-corrected chi connectivity index (χ4v) is 4.85. The summed E-state index contributed by atoms with van der Waals surface area (Å²) < 4.78 is 2.02. The first-order valence-electron chi connectivity index (χ1n) is 9.94. The molecule has 0 aliphatic carbocycles. The molecular weight excluding hydrogens is 364 g/mol. The molecular formula is C22H24N6O. The molecule has 2 fully saturated rings. The van der Waals surface area contributed by atoms with Gasteiger partial charge in [-0.3, -0.25) is 14.7 Å². The highest BCUT2D eigenvalue weighted by Crippen LogP contribution is 2.49. The number of hydrogen-bond donors (Lipinski definition) is 0. The molecule has 148 valence electrons. The SMILES string of the molecule is Cn1cnnc1C1CN(Cc2ccccc2)CC12CN(C(=O)c1cccnc1)C2. The van der Waals surface area contributed by atoms with Gasteiger partial charge in [0.1, 0.15) is 12.2 Å². The molecule has 1 aromatic carbocycles. The third-order valence-electron chi connectivity index (χ3n) is 6.23. The molecule has 2 saturated heterocycles. The first-order valence-corrected chi connectivity index (χ1v) is 9.94. The van der Waals surface area contributed by atoms with Gasteiger partial charge < -0.3 is 9.47 Å². The van der Waals surface area contributed by atoms with Crippen LogP contribution in [0.25, 0.3) is 0 Å². The fourth-order valence-electron chi connectivity index (χ4n) is 4.85. The molecule has 1 spiro atoms. The van der Waals surface area contributed by atoms with Gasteiger partial charge in [0, 0.05) is 63.5 Å². The van der Waals surface area contributed by atoms with Crippen LogP contribution in [0.3, 0.4) is 0 Å². The first kappa shape index (κ1) is 18.0. The number of amides is 1. The van der Waals surface area contributed by atoms with Crippen LogP contribution in [0.5, 0.6) is 0 Å². The second-order valence-corrected chi connectivity index (χ2v) is 8.27. The van der Waals surface area contributed by atoms with Gasteiger partial charge in [-0.1, -0.05) is 30.3 Å². The van der Waals surface area contributed by atoms with E-state index in [1.165, 1.54) is 5.56 Å². The number of carbonyl (C=O) groups excluding carboxylic acids is 1. The first-order chi connectivity index (χ1) is 14.1. The maximum Gasteiger partial charge on any atom is 0.255 e. The van der Waals surface area contributed by atoms with Crippen LogP contribution >= 0.6 is 0 Å². The van der Waals surface area contributed by atoms with E-state index in [9.17, 15) is 4.79 Å². The molecule has 2 aliphatic heterocycles. The Balaban J connectivity index is 1.37. The molecule has 1 amide bonds. The van der Waals surface area contributed by atoms with Crippen LogP contribution in [-0.2, 0) is 13.6 Å². The summed E-state index contributed by atoms with van der Waals surface area (Å²) in [5.74, 6) is 1.33. The zero-order valence-electron chi connectivity index (χ0n) is 16.5. The van der Waals surface area contributed by atoms with Gasteiger partial charge in [0.2, 0.25) is 0 Å². The quantitative estimate of drug-likeness (QED) is 0.683. The second-order valence-electron chi connectivity index (χ2n) is 8.27. The van der Waals surface area contributed by atoms with E-state index in [0.29, 0.717) is 5.56 Å². The number of benzene rings is 1. The lowest BCUT2D eigenvalue weighted by Gasteiger charge is -2.50. The number of pyridine rings is 1. The van der Waals surface area contributed by atoms with Gasteiger partial charge in [-0.2, -0.15) is 0 Å². The fraction of sp³-hybridized carbons (Fsp3) is 0.364. The van der Waals surface area contributed by atoms with Gasteiger partial charge >= 0.3 is 0 Å². The van der Waals surface area contributed by atoms with Crippen molar-refractivity contribution in [1.29, 1.82) is 0 Å². The van der Waals surface area contributed by atoms with Crippen LogP contribution in [0.4, 0.5) is 0 Å². The monoisotopic (exact) mass is 388 g/mol. The van der Waals surface area contributed by atoms with Crippen molar-refractivity contribution in [2.45, 2.75) is 12.5 Å². The summed E-state index contributed by atoms with van der Waals surface area (Å²) in [7, 11) is 2.00. The van der Waals surface area contributed by atoms with Gasteiger partial charge in [0.15, 0.2) is 0 Å². The number of rotatable bonds is 4. The second kappa shape index (κ2) is 7.08. The Bertz CT molecular complexity index is 996. The zero-order valence-corrected chi connectivity index (χ0v) is 16.5. The predicted octanol–water partition coefficient (Wildman–Crippen LogP) is 1.95. The van der Waals surface area contributed by atoms with E-state index in [1.807, 2.05) is 34.7 Å². The number of aryl methyl sites for hydroxylation is 1. The summed E-state index contributed by atoms with van der Waals surface area (Å²) in [4.78, 5) is 21.3. The Labute approximate surface area is 170 Å². The molecule has 0 bridgehead atoms. The summed E-state index contributed by atoms with van der Waals surface area (Å²) in [6.07, 6.45) is 5.10. The summed E-state index contributed by atoms with van der Waals surface area (Å²) in [5, 5.41) is 8.52. The average molecular weight is 388 g/mol. The molecule has 29 heavy (non-hydrogen) atoms. The smallest absolute Gasteiger partial charge is 0.255 e. The number of carbonyl (C=O) groups is 1. The number of nitrogens with zero attached hydrogens (tertiary/aromatic N) is 6. The molecule has 0 N–H and O–H groups in total. The van der Waals surface area contributed by atoms with Crippen molar-refractivity contribution >= 4 is 5.91 Å². The third-order valence-corrected chi connectivity index (χ3v) is 6.23. The van der Waals surface area contributed by atoms with Crippen LogP contribution in [0.1, 0.15) is 27.7 Å². The van der Waals surface area contributed by atoms with E-state index in [-0.39, 0.29) is 17.2 Å². The highest BCUT2D eigenvalue weighted by molar-refractivity contribution is 5.94. The molecule has 1 unspecified atom stereocenters. The minimum absolute atomic E-state index is 0.0213. The van der Waals surface area contributed by atoms with Crippen molar-refractivity contribution in [1.82, 2.24) is 29.5 Å². The van der Waals surface area contributed by atoms with Gasteiger partial charge in [-0.15, -0.1) is 10.2 Å². The van der Waals surface area contributed by atoms with Crippen LogP contribution in [-0.4, -0.2) is 61.6 Å². The van der Waals surface area contributed by atoms with E-state index in [4.69, 9.17) is 0 Å². The molecule has 0 radical (unpaired) electrons. The minimum Gasteiger partial charge on any atom is -0.337 e. The van der Waals surface area contributed by atoms with Gasteiger partial charge in [-0.25, -0.2) is 0 Å². The van der Waals surface area contributed by atoms with Crippen molar-refractivity contribution in [3.05, 3.63) is 78.1 Å². The van der Waals surface area contributed by atoms with E-state index < -0.39 is 0 Å². The lowest BCUT2D eigenvalue weighted by molar-refractivity contribution is 0.00138. The van der Waals surface area contributed by atoms with Crippen molar-refractivity contribution in [3.8, 4) is 0 Å². The molecule has 5 rings (SSSR count). The normalized spacial score (nSPS) is 20.7. The average Bonchev–Trinajstić information content (AvgIpc) is 3.31. The van der Waals surface area contributed by atoms with Crippen molar-refractivity contribution in [2.24, 2.45) is 12.5 Å². The molecule has 3 aromatic rings. The summed E-state index contributed by atoms with van der Waals surface area (Å²) >= 11 is 0. The lowest BCUT2D eigenvalue weighted by Crippen LogP contribution is -2.61. The lowest BCUT2D eigenvalue weighted by atomic mass is 9.71. The highest BCUT2D eigenvalue weighted by atomic mass is 16.2. The number of likely N-dealkylation sites (tertiary alicyclic amines) is 2. The molecule has 1 atom stereocenters. The maximum absolute atomic E-state index is 12.8. The van der Waals surface area contributed by atoms with Gasteiger partial charge in [0.25, 0.3) is 5.91 Å². The van der Waals surface area contributed by atoms with E-state index in [1.54, 1.807) is 18.7 Å². The number of hydrogen-bond acceptors (Lipinski definition) is 5. The molecule has 2 aliphatic rings. The van der Waals surface area contributed by atoms with E-state index >= 15 is 0 Å². The van der Waals surface area contributed by atoms with Crippen LogP contribution in [0.2, 0.25) is 0 Å². The van der Waals surface area contributed by atoms with Gasteiger partial charge in [-0.05, 0) is 17.7 Å². The topological polar surface area (TPSA) is 67.2 Å². The third kappa shape index (κ3) is 3.21. The zero-order chi connectivity index (χ0) is 19.8. The standard InChI is InChI=1S/C22H24N6O/c1-26-16-24-25-20(26)19-12-27(11-17-6-3-2-4-7-17)13-22(19)14-28(15-22)21(29)18-8-5-9-23-10-18/h2-10,16,19H,11-15H2,1H3. The molecule has 4 heterocycles. The Kier molecular flexibility index (Phi) is 4.39. The van der Waals surface area contributed by atoms with Crippen LogP contribution < -0.4 is 0 Å². The Hall–Kier alpha value is -3.06. The van der Waals surface area contributed by atoms with E-state index in [0.717, 1.165) is 38.5 Å². The van der Waals surface area contributed by atoms with Gasteiger partial charge in [0.05, 0.1) is 5.56 Å². The van der Waals surface area contributed by atoms with Crippen LogP contribution in [0.15, 0.2) is 61.2 Å². The summed E-state index contributed by atoms with van der Waals surface area (Å²) in [6.45, 7) is 4.27. The Morgan fingerprint density at radius 1 is 1.14 bits per heavy atom. The maximum atomic E-state index is 12.8. The van der Waals surface area contributed by atoms with Crippen molar-refractivity contribution < 1.29 is 4.79 Å². The Morgan fingerprint density at radius 2 is 1.97 bits per heavy atom. The van der Waals surface area contributed by atoms with Crippen LogP contribution in [0, 0.1) is 5.41 Å². The summed E-state index contributed by atoms with van der Waals surface area (Å²) in [5.41, 5.74) is 1.98. The van der Waals surface area contributed by atoms with E-state index in [2.05, 4.69) is 44.3 Å². The highest BCUT2D eigenvalue weighted by Gasteiger charge is 2.57. The molecule has 2 aromatic heterocycles. The molecule has 7 heteroatoms. The van der Waals surface area contributed by atoms with Crippen molar-refractivity contribution in [2.75, 3.05) is 26.2 Å². The molecule has 7 nitrogen and oxygen atoms in total. The number of aromatic nitrogens is 4. The molecule has 0 saturated carbocycles. The Morgan fingerprint density at radius 3 is 2.66 bits per heavy atom. The predicted molar refractivity (Wildman–Crippen MR) is 108 cm³/mol. The largest absolute Gasteiger partial charge is 0.337 e. The minimum atomic E-state index is 0.0213. The van der Waals surface area contributed by atoms with Crippen molar-refractivity contribution in [3.63, 3.8) is 0 Å². The summed E-state index contributed by atoms with van der Waals surface area (Å²) in [6, 6.07) is 14.2.